The maximum atomic E-state index is 11.1. The van der Waals surface area contributed by atoms with Crippen molar-refractivity contribution in [3.63, 3.8) is 0 Å². The maximum Gasteiger partial charge on any atom is 0.172 e. The molecule has 4 aromatic carbocycles. The number of phenols is 1. The molecule has 4 aromatic rings. The van der Waals surface area contributed by atoms with Gasteiger partial charge in [0, 0.05) is 11.4 Å². The Labute approximate surface area is 182 Å². The van der Waals surface area contributed by atoms with Crippen LogP contribution >= 0.6 is 11.8 Å². The molecule has 3 nitrogen and oxygen atoms in total. The van der Waals surface area contributed by atoms with Gasteiger partial charge in [-0.05, 0) is 46.8 Å². The van der Waals surface area contributed by atoms with Gasteiger partial charge in [-0.1, -0.05) is 86.3 Å². The number of hydrogen-bond acceptors (Lipinski definition) is 4. The third-order valence-electron chi connectivity index (χ3n) is 5.46. The molecular weight excluding hydrogens is 390 g/mol. The number of ether oxygens (including phenoxy) is 1. The van der Waals surface area contributed by atoms with Gasteiger partial charge < -0.3 is 14.7 Å². The van der Waals surface area contributed by atoms with Crippen LogP contribution in [0, 0.1) is 0 Å². The molecule has 154 valence electrons. The Hall–Kier alpha value is -2.69. The molecule has 0 spiro atoms. The maximum absolute atomic E-state index is 11.1. The van der Waals surface area contributed by atoms with Crippen LogP contribution in [0.2, 0.25) is 0 Å². The van der Waals surface area contributed by atoms with Gasteiger partial charge in [0.1, 0.15) is 6.61 Å². The van der Waals surface area contributed by atoms with Gasteiger partial charge in [0.25, 0.3) is 0 Å². The van der Waals surface area contributed by atoms with Crippen LogP contribution in [0.5, 0.6) is 11.5 Å². The third-order valence-corrected chi connectivity index (χ3v) is 6.65. The molecule has 0 fully saturated rings. The second-order valence-electron chi connectivity index (χ2n) is 7.23. The van der Waals surface area contributed by atoms with Crippen molar-refractivity contribution in [1.29, 1.82) is 0 Å². The summed E-state index contributed by atoms with van der Waals surface area (Å²) in [6.45, 7) is 7.67. The first-order valence-electron chi connectivity index (χ1n) is 10.5. The molecule has 0 unspecified atom stereocenters. The van der Waals surface area contributed by atoms with Gasteiger partial charge in [-0.15, -0.1) is 0 Å². The van der Waals surface area contributed by atoms with E-state index < -0.39 is 0 Å². The average molecular weight is 418 g/mol. The summed E-state index contributed by atoms with van der Waals surface area (Å²) in [7, 11) is 0. The van der Waals surface area contributed by atoms with Gasteiger partial charge in [0.15, 0.2) is 11.5 Å². The zero-order chi connectivity index (χ0) is 20.9. The van der Waals surface area contributed by atoms with Crippen molar-refractivity contribution >= 4 is 33.3 Å². The number of benzene rings is 4. The highest BCUT2D eigenvalue weighted by Gasteiger charge is 2.16. The number of aromatic hydroxyl groups is 1. The molecule has 4 rings (SSSR count). The predicted octanol–water partition coefficient (Wildman–Crippen LogP) is 6.57. The third kappa shape index (κ3) is 4.25. The van der Waals surface area contributed by atoms with E-state index in [-0.39, 0.29) is 5.75 Å². The van der Waals surface area contributed by atoms with Crippen molar-refractivity contribution in [2.75, 3.05) is 26.2 Å². The highest BCUT2D eigenvalue weighted by atomic mass is 32.2. The minimum absolute atomic E-state index is 0.214. The Morgan fingerprint density at radius 2 is 1.50 bits per heavy atom. The summed E-state index contributed by atoms with van der Waals surface area (Å²) in [6, 6.07) is 24.7. The molecule has 0 saturated heterocycles. The van der Waals surface area contributed by atoms with Crippen molar-refractivity contribution in [3.05, 3.63) is 72.8 Å². The number of nitrogens with zero attached hydrogens (tertiary/aromatic N) is 1. The normalized spacial score (nSPS) is 11.4. The summed E-state index contributed by atoms with van der Waals surface area (Å²) in [5.74, 6) is 0.759. The number of hydrogen-bond donors (Lipinski definition) is 1. The van der Waals surface area contributed by atoms with Gasteiger partial charge in [0.2, 0.25) is 0 Å². The lowest BCUT2D eigenvalue weighted by atomic mass is 10.1. The Kier molecular flexibility index (Phi) is 6.46. The molecule has 0 atom stereocenters. The Balaban J connectivity index is 1.72. The second-order valence-corrected chi connectivity index (χ2v) is 8.28. The number of rotatable bonds is 8. The molecule has 0 heterocycles. The SMILES string of the molecule is CCN(CC)CCOc1cc2ccccc2c(Sc2cccc3ccccc23)c1O. The summed E-state index contributed by atoms with van der Waals surface area (Å²) in [5, 5.41) is 15.6. The molecule has 4 heteroatoms. The fourth-order valence-electron chi connectivity index (χ4n) is 3.71. The number of likely N-dealkylation sites (N-methyl/N-ethyl adjacent to an activating group) is 1. The molecule has 0 aliphatic carbocycles. The van der Waals surface area contributed by atoms with Crippen LogP contribution in [0.4, 0.5) is 0 Å². The van der Waals surface area contributed by atoms with E-state index in [4.69, 9.17) is 4.74 Å². The summed E-state index contributed by atoms with van der Waals surface area (Å²) in [6.07, 6.45) is 0. The van der Waals surface area contributed by atoms with Gasteiger partial charge in [0.05, 0.1) is 4.90 Å². The lowest BCUT2D eigenvalue weighted by Gasteiger charge is -2.19. The fraction of sp³-hybridized carbons (Fsp3) is 0.231. The number of fused-ring (bicyclic) bond motifs is 2. The first-order valence-corrected chi connectivity index (χ1v) is 11.3. The monoisotopic (exact) mass is 417 g/mol. The summed E-state index contributed by atoms with van der Waals surface area (Å²) in [5.41, 5.74) is 0. The van der Waals surface area contributed by atoms with Gasteiger partial charge in [-0.3, -0.25) is 0 Å². The van der Waals surface area contributed by atoms with Crippen LogP contribution in [0.15, 0.2) is 82.6 Å². The van der Waals surface area contributed by atoms with E-state index in [9.17, 15) is 5.11 Å². The largest absolute Gasteiger partial charge is 0.503 e. The molecule has 0 aliphatic rings. The quantitative estimate of drug-likeness (QED) is 0.351. The molecule has 30 heavy (non-hydrogen) atoms. The van der Waals surface area contributed by atoms with Crippen LogP contribution < -0.4 is 4.74 Å². The Morgan fingerprint density at radius 3 is 2.27 bits per heavy atom. The van der Waals surface area contributed by atoms with Crippen LogP contribution in [0.1, 0.15) is 13.8 Å². The highest BCUT2D eigenvalue weighted by molar-refractivity contribution is 8.00. The van der Waals surface area contributed by atoms with Gasteiger partial charge in [-0.2, -0.15) is 0 Å². The van der Waals surface area contributed by atoms with Crippen molar-refractivity contribution in [2.24, 2.45) is 0 Å². The standard InChI is InChI=1S/C26H27NO2S/c1-3-27(4-2)16-17-29-23-18-20-11-6-8-14-22(20)26(25(23)28)30-24-15-9-12-19-10-5-7-13-21(19)24/h5-15,18,28H,3-4,16-17H2,1-2H3. The first kappa shape index (κ1) is 20.6. The lowest BCUT2D eigenvalue weighted by molar-refractivity contribution is 0.217. The van der Waals surface area contributed by atoms with E-state index in [1.165, 1.54) is 10.8 Å². The summed E-state index contributed by atoms with van der Waals surface area (Å²) < 4.78 is 6.04. The van der Waals surface area contributed by atoms with Gasteiger partial charge in [-0.25, -0.2) is 0 Å². The molecule has 0 aliphatic heterocycles. The topological polar surface area (TPSA) is 32.7 Å². The van der Waals surface area contributed by atoms with Crippen LogP contribution in [0.3, 0.4) is 0 Å². The van der Waals surface area contributed by atoms with Crippen molar-refractivity contribution in [3.8, 4) is 11.5 Å². The van der Waals surface area contributed by atoms with E-state index in [1.807, 2.05) is 24.3 Å². The van der Waals surface area contributed by atoms with Crippen LogP contribution in [-0.4, -0.2) is 36.2 Å². The molecule has 0 radical (unpaired) electrons. The van der Waals surface area contributed by atoms with Crippen LogP contribution in [0.25, 0.3) is 21.5 Å². The fourth-order valence-corrected chi connectivity index (χ4v) is 4.87. The molecule has 0 saturated carbocycles. The van der Waals surface area contributed by atoms with E-state index in [2.05, 4.69) is 67.3 Å². The predicted molar refractivity (Wildman–Crippen MR) is 127 cm³/mol. The van der Waals surface area contributed by atoms with Crippen molar-refractivity contribution in [1.82, 2.24) is 4.90 Å². The minimum atomic E-state index is 0.214. The lowest BCUT2D eigenvalue weighted by Crippen LogP contribution is -2.27. The first-order chi connectivity index (χ1) is 14.7. The average Bonchev–Trinajstić information content (AvgIpc) is 2.79. The summed E-state index contributed by atoms with van der Waals surface area (Å²) >= 11 is 1.60. The minimum Gasteiger partial charge on any atom is -0.503 e. The molecule has 0 bridgehead atoms. The van der Waals surface area contributed by atoms with E-state index in [1.54, 1.807) is 11.8 Å². The van der Waals surface area contributed by atoms with Gasteiger partial charge >= 0.3 is 0 Å². The zero-order valence-electron chi connectivity index (χ0n) is 17.5. The molecule has 1 N–H and O–H groups in total. The van der Waals surface area contributed by atoms with Crippen molar-refractivity contribution in [2.45, 2.75) is 23.6 Å². The molecule has 0 amide bonds. The van der Waals surface area contributed by atoms with E-state index in [0.717, 1.165) is 40.2 Å². The number of phenolic OH excluding ortho intramolecular Hbond substituents is 1. The van der Waals surface area contributed by atoms with Crippen LogP contribution in [-0.2, 0) is 0 Å². The molecule has 0 aromatic heterocycles. The summed E-state index contributed by atoms with van der Waals surface area (Å²) in [4.78, 5) is 4.26. The Morgan fingerprint density at radius 1 is 0.833 bits per heavy atom. The second kappa shape index (κ2) is 9.41. The van der Waals surface area contributed by atoms with Crippen molar-refractivity contribution < 1.29 is 9.84 Å². The smallest absolute Gasteiger partial charge is 0.172 e. The van der Waals surface area contributed by atoms with E-state index in [0.29, 0.717) is 12.4 Å². The highest BCUT2D eigenvalue weighted by Crippen LogP contribution is 2.46. The molecular formula is C26H27NO2S. The zero-order valence-corrected chi connectivity index (χ0v) is 18.3. The van der Waals surface area contributed by atoms with E-state index >= 15 is 0 Å². The Bertz CT molecular complexity index is 1150.